The summed E-state index contributed by atoms with van der Waals surface area (Å²) < 4.78 is 32.9. The fourth-order valence-corrected chi connectivity index (χ4v) is 1.95. The van der Waals surface area contributed by atoms with Gasteiger partial charge in [-0.2, -0.15) is 8.78 Å². The van der Waals surface area contributed by atoms with Crippen LogP contribution in [-0.4, -0.2) is 25.7 Å². The van der Waals surface area contributed by atoms with Crippen molar-refractivity contribution in [3.8, 4) is 5.75 Å². The lowest BCUT2D eigenvalue weighted by Crippen LogP contribution is -2.28. The van der Waals surface area contributed by atoms with Gasteiger partial charge in [0.15, 0.2) is 0 Å². The maximum atomic E-state index is 12.1. The number of methoxy groups -OCH3 is 1. The van der Waals surface area contributed by atoms with Crippen LogP contribution in [0.4, 0.5) is 19.3 Å². The lowest BCUT2D eigenvalue weighted by molar-refractivity contribution is -0.0498. The zero-order chi connectivity index (χ0) is 18.2. The zero-order valence-electron chi connectivity index (χ0n) is 13.3. The van der Waals surface area contributed by atoms with E-state index in [1.165, 1.54) is 31.4 Å². The van der Waals surface area contributed by atoms with E-state index in [0.29, 0.717) is 11.3 Å². The molecule has 8 heteroatoms. The van der Waals surface area contributed by atoms with E-state index in [4.69, 9.17) is 0 Å². The monoisotopic (exact) mass is 350 g/mol. The van der Waals surface area contributed by atoms with Crippen molar-refractivity contribution in [3.05, 3.63) is 59.7 Å². The lowest BCUT2D eigenvalue weighted by Gasteiger charge is -2.09. The third kappa shape index (κ3) is 5.76. The van der Waals surface area contributed by atoms with Gasteiger partial charge in [0, 0.05) is 12.2 Å². The second-order valence-corrected chi connectivity index (χ2v) is 4.90. The highest BCUT2D eigenvalue weighted by Gasteiger charge is 2.07. The van der Waals surface area contributed by atoms with E-state index in [9.17, 15) is 18.4 Å². The molecule has 0 aliphatic heterocycles. The molecular weight excluding hydrogens is 334 g/mol. The molecule has 6 nitrogen and oxygen atoms in total. The molecule has 0 aliphatic rings. The van der Waals surface area contributed by atoms with Crippen LogP contribution in [0.3, 0.4) is 0 Å². The molecule has 0 fully saturated rings. The molecule has 2 rings (SSSR count). The summed E-state index contributed by atoms with van der Waals surface area (Å²) in [5.41, 5.74) is 1.64. The minimum absolute atomic E-state index is 0.00616. The van der Waals surface area contributed by atoms with Crippen molar-refractivity contribution in [3.63, 3.8) is 0 Å². The summed E-state index contributed by atoms with van der Waals surface area (Å²) in [5, 5.41) is 5.20. The molecule has 0 heterocycles. The van der Waals surface area contributed by atoms with Gasteiger partial charge in [0.1, 0.15) is 5.75 Å². The van der Waals surface area contributed by atoms with Gasteiger partial charge in [0.05, 0.1) is 12.7 Å². The van der Waals surface area contributed by atoms with Gasteiger partial charge in [-0.15, -0.1) is 0 Å². The Morgan fingerprint density at radius 2 is 1.68 bits per heavy atom. The summed E-state index contributed by atoms with van der Waals surface area (Å²) in [5.74, 6) is -0.428. The largest absolute Gasteiger partial charge is 0.465 e. The first-order valence-electron chi connectivity index (χ1n) is 7.25. The van der Waals surface area contributed by atoms with Crippen molar-refractivity contribution in [2.24, 2.45) is 0 Å². The first-order chi connectivity index (χ1) is 12.0. The smallest absolute Gasteiger partial charge is 0.387 e. The molecule has 2 N–H and O–H groups in total. The second-order valence-electron chi connectivity index (χ2n) is 4.90. The summed E-state index contributed by atoms with van der Waals surface area (Å²) in [6.45, 7) is -2.65. The number of rotatable bonds is 6. The number of carbonyl (C=O) groups excluding carboxylic acids is 2. The first kappa shape index (κ1) is 18.2. The predicted octanol–water partition coefficient (Wildman–Crippen LogP) is 3.40. The number of ether oxygens (including phenoxy) is 2. The van der Waals surface area contributed by atoms with E-state index < -0.39 is 18.6 Å². The van der Waals surface area contributed by atoms with Crippen molar-refractivity contribution < 1.29 is 27.8 Å². The fourth-order valence-electron chi connectivity index (χ4n) is 1.95. The Bertz CT molecular complexity index is 718. The van der Waals surface area contributed by atoms with Gasteiger partial charge in [-0.05, 0) is 42.0 Å². The Morgan fingerprint density at radius 3 is 2.24 bits per heavy atom. The Hall–Kier alpha value is -3.16. The topological polar surface area (TPSA) is 76.7 Å². The molecular formula is C17H16F2N2O4. The van der Waals surface area contributed by atoms with Crippen LogP contribution in [0.25, 0.3) is 0 Å². The number of carbonyl (C=O) groups is 2. The first-order valence-corrected chi connectivity index (χ1v) is 7.25. The quantitative estimate of drug-likeness (QED) is 0.783. The van der Waals surface area contributed by atoms with Gasteiger partial charge < -0.3 is 20.1 Å². The van der Waals surface area contributed by atoms with Gasteiger partial charge in [-0.25, -0.2) is 9.59 Å². The van der Waals surface area contributed by atoms with Crippen molar-refractivity contribution in [1.82, 2.24) is 5.32 Å². The number of esters is 1. The summed E-state index contributed by atoms with van der Waals surface area (Å²) in [4.78, 5) is 23.1. The van der Waals surface area contributed by atoms with Gasteiger partial charge in [-0.1, -0.05) is 12.1 Å². The van der Waals surface area contributed by atoms with Gasteiger partial charge >= 0.3 is 18.6 Å². The summed E-state index contributed by atoms with van der Waals surface area (Å²) in [6.07, 6.45) is 0. The Kier molecular flexibility index (Phi) is 6.27. The molecule has 132 valence electrons. The second kappa shape index (κ2) is 8.62. The Morgan fingerprint density at radius 1 is 1.04 bits per heavy atom. The number of halogens is 2. The van der Waals surface area contributed by atoms with Gasteiger partial charge in [0.2, 0.25) is 0 Å². The lowest BCUT2D eigenvalue weighted by atomic mass is 10.1. The van der Waals surface area contributed by atoms with Crippen LogP contribution in [0.2, 0.25) is 0 Å². The van der Waals surface area contributed by atoms with E-state index in [1.807, 2.05) is 0 Å². The number of nitrogens with one attached hydrogen (secondary N) is 2. The summed E-state index contributed by atoms with van der Waals surface area (Å²) in [7, 11) is 1.30. The standard InChI is InChI=1S/C17H16F2N2O4/c1-24-15(22)12-4-2-11(3-5-12)10-20-17(23)21-13-6-8-14(9-7-13)25-16(18)19/h2-9,16H,10H2,1H3,(H2,20,21,23). The molecule has 0 radical (unpaired) electrons. The molecule has 25 heavy (non-hydrogen) atoms. The highest BCUT2D eigenvalue weighted by molar-refractivity contribution is 5.90. The van der Waals surface area contributed by atoms with Crippen LogP contribution in [0.5, 0.6) is 5.75 Å². The minimum atomic E-state index is -2.90. The molecule has 0 saturated carbocycles. The molecule has 2 aromatic rings. The molecule has 2 amide bonds. The van der Waals surface area contributed by atoms with Crippen LogP contribution in [0.15, 0.2) is 48.5 Å². The fraction of sp³-hybridized carbons (Fsp3) is 0.176. The molecule has 0 bridgehead atoms. The van der Waals surface area contributed by atoms with Crippen LogP contribution >= 0.6 is 0 Å². The van der Waals surface area contributed by atoms with Crippen LogP contribution < -0.4 is 15.4 Å². The third-order valence-corrected chi connectivity index (χ3v) is 3.17. The molecule has 2 aromatic carbocycles. The average molecular weight is 350 g/mol. The highest BCUT2D eigenvalue weighted by Crippen LogP contribution is 2.17. The zero-order valence-corrected chi connectivity index (χ0v) is 13.3. The normalized spacial score (nSPS) is 10.2. The van der Waals surface area contributed by atoms with E-state index in [-0.39, 0.29) is 12.3 Å². The molecule has 0 atom stereocenters. The summed E-state index contributed by atoms with van der Waals surface area (Å²) in [6, 6.07) is 11.7. The van der Waals surface area contributed by atoms with Crippen molar-refractivity contribution in [2.45, 2.75) is 13.2 Å². The number of alkyl halides is 2. The number of urea groups is 1. The van der Waals surface area contributed by atoms with E-state index in [1.54, 1.807) is 24.3 Å². The van der Waals surface area contributed by atoms with Crippen LogP contribution in [-0.2, 0) is 11.3 Å². The number of amides is 2. The minimum Gasteiger partial charge on any atom is -0.465 e. The molecule has 0 aliphatic carbocycles. The Labute approximate surface area is 142 Å². The molecule has 0 spiro atoms. The van der Waals surface area contributed by atoms with E-state index >= 15 is 0 Å². The third-order valence-electron chi connectivity index (χ3n) is 3.17. The maximum absolute atomic E-state index is 12.1. The van der Waals surface area contributed by atoms with Gasteiger partial charge in [-0.3, -0.25) is 0 Å². The van der Waals surface area contributed by atoms with Gasteiger partial charge in [0.25, 0.3) is 0 Å². The van der Waals surface area contributed by atoms with Crippen LogP contribution in [0, 0.1) is 0 Å². The van der Waals surface area contributed by atoms with Crippen molar-refractivity contribution in [2.75, 3.05) is 12.4 Å². The SMILES string of the molecule is COC(=O)c1ccc(CNC(=O)Nc2ccc(OC(F)F)cc2)cc1. The number of hydrogen-bond donors (Lipinski definition) is 2. The highest BCUT2D eigenvalue weighted by atomic mass is 19.3. The molecule has 0 aromatic heterocycles. The van der Waals surface area contributed by atoms with Crippen molar-refractivity contribution >= 4 is 17.7 Å². The summed E-state index contributed by atoms with van der Waals surface area (Å²) >= 11 is 0. The predicted molar refractivity (Wildman–Crippen MR) is 86.7 cm³/mol. The molecule has 0 saturated heterocycles. The van der Waals surface area contributed by atoms with Crippen LogP contribution in [0.1, 0.15) is 15.9 Å². The van der Waals surface area contributed by atoms with E-state index in [0.717, 1.165) is 5.56 Å². The molecule has 0 unspecified atom stereocenters. The number of hydrogen-bond acceptors (Lipinski definition) is 4. The van der Waals surface area contributed by atoms with E-state index in [2.05, 4.69) is 20.1 Å². The Balaban J connectivity index is 1.83. The number of anilines is 1. The average Bonchev–Trinajstić information content (AvgIpc) is 2.61. The van der Waals surface area contributed by atoms with Crippen molar-refractivity contribution in [1.29, 1.82) is 0 Å². The maximum Gasteiger partial charge on any atom is 0.387 e. The number of benzene rings is 2.